The molecule has 0 heterocycles. The Kier molecular flexibility index (Phi) is 3.44. The molecule has 2 N–H and O–H groups in total. The van der Waals surface area contributed by atoms with Gasteiger partial charge < -0.3 is 9.87 Å². The first kappa shape index (κ1) is 10.7. The van der Waals surface area contributed by atoms with E-state index in [0.717, 1.165) is 0 Å². The molecule has 5 heteroatoms. The first-order chi connectivity index (χ1) is 6.02. The highest BCUT2D eigenvalue weighted by Gasteiger charge is 2.47. The van der Waals surface area contributed by atoms with Crippen LogP contribution in [0.25, 0.3) is 0 Å². The summed E-state index contributed by atoms with van der Waals surface area (Å²) in [5.41, 5.74) is 0. The molecule has 1 fully saturated rings. The van der Waals surface area contributed by atoms with Crippen LogP contribution in [0.15, 0.2) is 0 Å². The van der Waals surface area contributed by atoms with Gasteiger partial charge in [0.2, 0.25) is 5.91 Å². The molecule has 0 saturated heterocycles. The van der Waals surface area contributed by atoms with E-state index in [2.05, 4.69) is 5.32 Å². The zero-order valence-electron chi connectivity index (χ0n) is 7.82. The van der Waals surface area contributed by atoms with Crippen LogP contribution in [0.4, 0.5) is 0 Å². The fourth-order valence-electron chi connectivity index (χ4n) is 1.11. The van der Waals surface area contributed by atoms with Crippen LogP contribution in [0.2, 0.25) is 0 Å². The van der Waals surface area contributed by atoms with E-state index < -0.39 is 11.1 Å². The van der Waals surface area contributed by atoms with Gasteiger partial charge in [-0.2, -0.15) is 0 Å². The fourth-order valence-corrected chi connectivity index (χ4v) is 1.88. The average molecular weight is 205 g/mol. The summed E-state index contributed by atoms with van der Waals surface area (Å²) in [5, 5.41) is 2.42. The molecule has 4 nitrogen and oxygen atoms in total. The van der Waals surface area contributed by atoms with Gasteiger partial charge in [-0.25, -0.2) is 4.21 Å². The number of carbonyl (C=O) groups excluding carboxylic acids is 1. The van der Waals surface area contributed by atoms with Gasteiger partial charge in [-0.15, -0.1) is 0 Å². The van der Waals surface area contributed by atoms with Crippen molar-refractivity contribution >= 4 is 17.0 Å². The van der Waals surface area contributed by atoms with Crippen LogP contribution in [0, 0.1) is 11.8 Å². The summed E-state index contributed by atoms with van der Waals surface area (Å²) < 4.78 is 19.2. The molecule has 0 aromatic heterocycles. The normalized spacial score (nSPS) is 28.6. The Morgan fingerprint density at radius 2 is 2.31 bits per heavy atom. The smallest absolute Gasteiger partial charge is 0.224 e. The topological polar surface area (TPSA) is 66.4 Å². The standard InChI is InChI=1S/C8H15NO3S/c1-5(2)4-9-8(10)6-3-7(6)13(11)12/h5-7H,3-4H2,1-2H3,(H,9,10)(H,11,12)/t6-,7+/m0/s1. The lowest BCUT2D eigenvalue weighted by molar-refractivity contribution is -0.122. The number of rotatable bonds is 4. The van der Waals surface area contributed by atoms with Gasteiger partial charge in [0.05, 0.1) is 11.2 Å². The highest BCUT2D eigenvalue weighted by Crippen LogP contribution is 2.34. The predicted octanol–water partition coefficient (Wildman–Crippen LogP) is 0.369. The molecule has 1 rings (SSSR count). The van der Waals surface area contributed by atoms with Crippen LogP contribution in [-0.2, 0) is 15.9 Å². The zero-order chi connectivity index (χ0) is 10.0. The third-order valence-corrected chi connectivity index (χ3v) is 3.05. The first-order valence-corrected chi connectivity index (χ1v) is 5.56. The lowest BCUT2D eigenvalue weighted by Crippen LogP contribution is -2.29. The molecule has 0 radical (unpaired) electrons. The monoisotopic (exact) mass is 205 g/mol. The molecule has 0 unspecified atom stereocenters. The summed E-state index contributed by atoms with van der Waals surface area (Å²) in [5.74, 6) is 0.103. The Hall–Kier alpha value is -0.420. The molecule has 13 heavy (non-hydrogen) atoms. The average Bonchev–Trinajstić information content (AvgIpc) is 2.78. The van der Waals surface area contributed by atoms with Crippen LogP contribution in [0.1, 0.15) is 20.3 Å². The van der Waals surface area contributed by atoms with Crippen molar-refractivity contribution in [1.82, 2.24) is 5.32 Å². The third-order valence-electron chi connectivity index (χ3n) is 2.01. The maximum atomic E-state index is 11.3. The first-order valence-electron chi connectivity index (χ1n) is 4.39. The SMILES string of the molecule is CC(C)CNC(=O)[C@H]1C[C@H]1[S@](=O)O. The molecule has 1 saturated carbocycles. The Labute approximate surface area is 80.4 Å². The summed E-state index contributed by atoms with van der Waals surface area (Å²) in [6.07, 6.45) is 0.549. The molecule has 0 bridgehead atoms. The number of nitrogens with one attached hydrogen (secondary N) is 1. The molecule has 3 atom stereocenters. The van der Waals surface area contributed by atoms with Crippen molar-refractivity contribution in [3.63, 3.8) is 0 Å². The maximum absolute atomic E-state index is 11.3. The summed E-state index contributed by atoms with van der Waals surface area (Å²) in [7, 11) is 0. The highest BCUT2D eigenvalue weighted by molar-refractivity contribution is 7.80. The van der Waals surface area contributed by atoms with Gasteiger partial charge in [-0.05, 0) is 12.3 Å². The minimum Gasteiger partial charge on any atom is -0.356 e. The molecule has 1 aliphatic rings. The summed E-state index contributed by atoms with van der Waals surface area (Å²) >= 11 is -1.83. The van der Waals surface area contributed by atoms with E-state index in [-0.39, 0.29) is 17.1 Å². The van der Waals surface area contributed by atoms with Crippen LogP contribution < -0.4 is 5.32 Å². The molecular formula is C8H15NO3S. The second-order valence-corrected chi connectivity index (χ2v) is 4.95. The van der Waals surface area contributed by atoms with Crippen molar-refractivity contribution in [1.29, 1.82) is 0 Å². The minimum atomic E-state index is -1.83. The Balaban J connectivity index is 2.24. The fraction of sp³-hybridized carbons (Fsp3) is 0.875. The number of hydrogen-bond donors (Lipinski definition) is 2. The number of carbonyl (C=O) groups is 1. The van der Waals surface area contributed by atoms with Crippen molar-refractivity contribution in [2.24, 2.45) is 11.8 Å². The van der Waals surface area contributed by atoms with Crippen LogP contribution in [0.5, 0.6) is 0 Å². The molecular weight excluding hydrogens is 190 g/mol. The van der Waals surface area contributed by atoms with Gasteiger partial charge in [-0.3, -0.25) is 4.79 Å². The molecule has 1 amide bonds. The zero-order valence-corrected chi connectivity index (χ0v) is 8.63. The van der Waals surface area contributed by atoms with Crippen LogP contribution >= 0.6 is 0 Å². The molecule has 0 aromatic carbocycles. The Morgan fingerprint density at radius 1 is 1.69 bits per heavy atom. The Morgan fingerprint density at radius 3 is 2.69 bits per heavy atom. The van der Waals surface area contributed by atoms with E-state index in [4.69, 9.17) is 4.55 Å². The lowest BCUT2D eigenvalue weighted by Gasteiger charge is -2.06. The van der Waals surface area contributed by atoms with Crippen LogP contribution in [0.3, 0.4) is 0 Å². The van der Waals surface area contributed by atoms with E-state index in [0.29, 0.717) is 18.9 Å². The van der Waals surface area contributed by atoms with Crippen molar-refractivity contribution in [3.8, 4) is 0 Å². The van der Waals surface area contributed by atoms with Gasteiger partial charge >= 0.3 is 0 Å². The van der Waals surface area contributed by atoms with Crippen molar-refractivity contribution < 1.29 is 13.6 Å². The second-order valence-electron chi connectivity index (χ2n) is 3.80. The van der Waals surface area contributed by atoms with Gasteiger partial charge in [0, 0.05) is 6.54 Å². The van der Waals surface area contributed by atoms with Crippen molar-refractivity contribution in [3.05, 3.63) is 0 Å². The van der Waals surface area contributed by atoms with Crippen molar-refractivity contribution in [2.45, 2.75) is 25.5 Å². The van der Waals surface area contributed by atoms with Crippen molar-refractivity contribution in [2.75, 3.05) is 6.54 Å². The van der Waals surface area contributed by atoms with E-state index in [1.165, 1.54) is 0 Å². The molecule has 1 aliphatic carbocycles. The lowest BCUT2D eigenvalue weighted by atomic mass is 10.2. The number of amides is 1. The largest absolute Gasteiger partial charge is 0.356 e. The van der Waals surface area contributed by atoms with Gasteiger partial charge in [-0.1, -0.05) is 13.8 Å². The van der Waals surface area contributed by atoms with E-state index >= 15 is 0 Å². The highest BCUT2D eigenvalue weighted by atomic mass is 32.2. The summed E-state index contributed by atoms with van der Waals surface area (Å²) in [6.45, 7) is 4.66. The quantitative estimate of drug-likeness (QED) is 0.652. The number of hydrogen-bond acceptors (Lipinski definition) is 2. The molecule has 76 valence electrons. The van der Waals surface area contributed by atoms with Gasteiger partial charge in [0.25, 0.3) is 0 Å². The van der Waals surface area contributed by atoms with E-state index in [9.17, 15) is 9.00 Å². The predicted molar refractivity (Wildman–Crippen MR) is 50.5 cm³/mol. The molecule has 0 spiro atoms. The minimum absolute atomic E-state index is 0.0823. The molecule has 0 aliphatic heterocycles. The third kappa shape index (κ3) is 3.08. The summed E-state index contributed by atoms with van der Waals surface area (Å²) in [4.78, 5) is 11.3. The summed E-state index contributed by atoms with van der Waals surface area (Å²) in [6, 6.07) is 0. The van der Waals surface area contributed by atoms with Crippen LogP contribution in [-0.4, -0.2) is 26.5 Å². The van der Waals surface area contributed by atoms with E-state index in [1.54, 1.807) is 0 Å². The van der Waals surface area contributed by atoms with E-state index in [1.807, 2.05) is 13.8 Å². The maximum Gasteiger partial charge on any atom is 0.224 e. The Bertz CT molecular complexity index is 229. The van der Waals surface area contributed by atoms with Gasteiger partial charge in [0.1, 0.15) is 0 Å². The van der Waals surface area contributed by atoms with Gasteiger partial charge in [0.15, 0.2) is 11.1 Å². The molecule has 0 aromatic rings. The second kappa shape index (κ2) is 4.19.